The lowest BCUT2D eigenvalue weighted by molar-refractivity contribution is -0.120. The van der Waals surface area contributed by atoms with Crippen LogP contribution in [-0.2, 0) is 10.2 Å². The molecule has 0 radical (unpaired) electrons. The molecule has 1 atom stereocenters. The molecule has 1 aromatic carbocycles. The van der Waals surface area contributed by atoms with Crippen LogP contribution in [0.15, 0.2) is 18.2 Å². The summed E-state index contributed by atoms with van der Waals surface area (Å²) < 4.78 is 0. The predicted molar refractivity (Wildman–Crippen MR) is 90.7 cm³/mol. The number of hydrogen-bond acceptors (Lipinski definition) is 3. The van der Waals surface area contributed by atoms with Gasteiger partial charge in [0.25, 0.3) is 0 Å². The van der Waals surface area contributed by atoms with Gasteiger partial charge in [-0.15, -0.1) is 0 Å². The molecule has 1 amide bonds. The quantitative estimate of drug-likeness (QED) is 0.907. The Labute approximate surface area is 137 Å². The van der Waals surface area contributed by atoms with Crippen LogP contribution in [0.2, 0.25) is 5.02 Å². The number of carbonyl (C=O) groups is 1. The maximum atomic E-state index is 12.8. The van der Waals surface area contributed by atoms with Crippen LogP contribution < -0.4 is 10.2 Å². The third kappa shape index (κ3) is 3.00. The van der Waals surface area contributed by atoms with Crippen LogP contribution >= 0.6 is 11.6 Å². The molecule has 0 saturated carbocycles. The number of hydrogen-bond donors (Lipinski definition) is 1. The van der Waals surface area contributed by atoms with E-state index in [4.69, 9.17) is 11.6 Å². The summed E-state index contributed by atoms with van der Waals surface area (Å²) in [6.07, 6.45) is 0. The molecule has 0 unspecified atom stereocenters. The van der Waals surface area contributed by atoms with Crippen molar-refractivity contribution in [3.05, 3.63) is 28.8 Å². The SMILES string of the molecule is C[C@@H]1CN(CC(=O)N2CC(C)(C)c3ccc(Cl)cc32)CCN1. The molecule has 0 bridgehead atoms. The van der Waals surface area contributed by atoms with Crippen molar-refractivity contribution < 1.29 is 4.79 Å². The predicted octanol–water partition coefficient (Wildman–Crippen LogP) is 2.26. The molecule has 4 nitrogen and oxygen atoms in total. The van der Waals surface area contributed by atoms with Crippen LogP contribution in [0.1, 0.15) is 26.3 Å². The molecule has 2 heterocycles. The Hall–Kier alpha value is -1.10. The summed E-state index contributed by atoms with van der Waals surface area (Å²) in [6, 6.07) is 6.33. The van der Waals surface area contributed by atoms with Crippen LogP contribution in [0.5, 0.6) is 0 Å². The normalized spacial score (nSPS) is 24.4. The highest BCUT2D eigenvalue weighted by Crippen LogP contribution is 2.41. The van der Waals surface area contributed by atoms with Gasteiger partial charge in [-0.3, -0.25) is 9.69 Å². The van der Waals surface area contributed by atoms with Crippen molar-refractivity contribution in [3.63, 3.8) is 0 Å². The van der Waals surface area contributed by atoms with Crippen molar-refractivity contribution in [2.24, 2.45) is 0 Å². The number of nitrogens with zero attached hydrogens (tertiary/aromatic N) is 2. The molecule has 1 fully saturated rings. The Morgan fingerprint density at radius 3 is 2.95 bits per heavy atom. The number of rotatable bonds is 2. The second-order valence-corrected chi connectivity index (χ2v) is 7.55. The van der Waals surface area contributed by atoms with E-state index in [1.807, 2.05) is 17.0 Å². The average Bonchev–Trinajstić information content (AvgIpc) is 2.70. The third-order valence-corrected chi connectivity index (χ3v) is 4.88. The molecule has 0 aliphatic carbocycles. The summed E-state index contributed by atoms with van der Waals surface area (Å²) in [4.78, 5) is 16.9. The topological polar surface area (TPSA) is 35.6 Å². The fraction of sp³-hybridized carbons (Fsp3) is 0.588. The molecule has 0 aromatic heterocycles. The minimum Gasteiger partial charge on any atom is -0.312 e. The molecule has 22 heavy (non-hydrogen) atoms. The van der Waals surface area contributed by atoms with Crippen LogP contribution in [0.3, 0.4) is 0 Å². The van der Waals surface area contributed by atoms with Gasteiger partial charge in [0, 0.05) is 48.3 Å². The maximum Gasteiger partial charge on any atom is 0.241 e. The lowest BCUT2D eigenvalue weighted by Gasteiger charge is -2.32. The second kappa shape index (κ2) is 5.84. The molecule has 0 spiro atoms. The van der Waals surface area contributed by atoms with Crippen LogP contribution in [0.25, 0.3) is 0 Å². The molecule has 1 aromatic rings. The van der Waals surface area contributed by atoms with Gasteiger partial charge in [-0.2, -0.15) is 0 Å². The van der Waals surface area contributed by atoms with E-state index < -0.39 is 0 Å². The minimum absolute atomic E-state index is 0.0215. The van der Waals surface area contributed by atoms with Gasteiger partial charge in [0.2, 0.25) is 5.91 Å². The fourth-order valence-electron chi connectivity index (χ4n) is 3.52. The van der Waals surface area contributed by atoms with Gasteiger partial charge in [-0.1, -0.05) is 31.5 Å². The van der Waals surface area contributed by atoms with Gasteiger partial charge in [-0.25, -0.2) is 0 Å². The highest BCUT2D eigenvalue weighted by atomic mass is 35.5. The number of anilines is 1. The Balaban J connectivity index is 1.78. The first-order chi connectivity index (χ1) is 10.4. The zero-order valence-corrected chi connectivity index (χ0v) is 14.3. The fourth-order valence-corrected chi connectivity index (χ4v) is 3.69. The van der Waals surface area contributed by atoms with E-state index in [1.165, 1.54) is 5.56 Å². The molecule has 1 N–H and O–H groups in total. The van der Waals surface area contributed by atoms with Gasteiger partial charge in [0.05, 0.1) is 6.54 Å². The van der Waals surface area contributed by atoms with Gasteiger partial charge in [0.1, 0.15) is 0 Å². The highest BCUT2D eigenvalue weighted by molar-refractivity contribution is 6.31. The van der Waals surface area contributed by atoms with Crippen LogP contribution in [-0.4, -0.2) is 49.6 Å². The number of carbonyl (C=O) groups excluding carboxylic acids is 1. The highest BCUT2D eigenvalue weighted by Gasteiger charge is 2.38. The van der Waals surface area contributed by atoms with Gasteiger partial charge >= 0.3 is 0 Å². The molecule has 3 rings (SSSR count). The summed E-state index contributed by atoms with van der Waals surface area (Å²) in [6.45, 7) is 10.5. The smallest absolute Gasteiger partial charge is 0.241 e. The summed E-state index contributed by atoms with van der Waals surface area (Å²) in [7, 11) is 0. The van der Waals surface area contributed by atoms with Crippen molar-refractivity contribution in [1.29, 1.82) is 0 Å². The Morgan fingerprint density at radius 2 is 2.23 bits per heavy atom. The number of halogens is 1. The summed E-state index contributed by atoms with van der Waals surface area (Å²) in [5.74, 6) is 0.170. The van der Waals surface area contributed by atoms with Crippen molar-refractivity contribution in [2.75, 3.05) is 37.6 Å². The van der Waals surface area contributed by atoms with Gasteiger partial charge in [0.15, 0.2) is 0 Å². The lowest BCUT2D eigenvalue weighted by Crippen LogP contribution is -2.52. The average molecular weight is 322 g/mol. The number of nitrogens with one attached hydrogen (secondary N) is 1. The van der Waals surface area contributed by atoms with Gasteiger partial charge in [-0.05, 0) is 24.6 Å². The zero-order valence-electron chi connectivity index (χ0n) is 13.5. The Bertz CT molecular complexity index is 587. The van der Waals surface area contributed by atoms with Crippen molar-refractivity contribution >= 4 is 23.2 Å². The number of piperazine rings is 1. The molecule has 2 aliphatic rings. The minimum atomic E-state index is -0.0215. The van der Waals surface area contributed by atoms with E-state index >= 15 is 0 Å². The summed E-state index contributed by atoms with van der Waals surface area (Å²) in [5, 5.41) is 4.09. The van der Waals surface area contributed by atoms with Crippen LogP contribution in [0, 0.1) is 0 Å². The number of fused-ring (bicyclic) bond motifs is 1. The number of benzene rings is 1. The standard InChI is InChI=1S/C17H24ClN3O/c1-12-9-20(7-6-19-12)10-16(22)21-11-17(2,3)14-5-4-13(18)8-15(14)21/h4-5,8,12,19H,6-7,9-11H2,1-3H3/t12-/m1/s1. The molecular weight excluding hydrogens is 298 g/mol. The molecule has 120 valence electrons. The van der Waals surface area contributed by atoms with E-state index in [-0.39, 0.29) is 11.3 Å². The molecule has 2 aliphatic heterocycles. The molecule has 1 saturated heterocycles. The zero-order chi connectivity index (χ0) is 15.9. The van der Waals surface area contributed by atoms with E-state index in [2.05, 4.69) is 37.1 Å². The van der Waals surface area contributed by atoms with Crippen LogP contribution in [0.4, 0.5) is 5.69 Å². The van der Waals surface area contributed by atoms with E-state index in [1.54, 1.807) is 0 Å². The van der Waals surface area contributed by atoms with E-state index in [0.29, 0.717) is 17.6 Å². The first-order valence-electron chi connectivity index (χ1n) is 7.93. The van der Waals surface area contributed by atoms with Crippen molar-refractivity contribution in [3.8, 4) is 0 Å². The Kier molecular flexibility index (Phi) is 4.19. The van der Waals surface area contributed by atoms with Crippen molar-refractivity contribution in [1.82, 2.24) is 10.2 Å². The van der Waals surface area contributed by atoms with Crippen molar-refractivity contribution in [2.45, 2.75) is 32.2 Å². The summed E-state index contributed by atoms with van der Waals surface area (Å²) >= 11 is 6.14. The largest absolute Gasteiger partial charge is 0.312 e. The maximum absolute atomic E-state index is 12.8. The molecule has 5 heteroatoms. The Morgan fingerprint density at radius 1 is 1.45 bits per heavy atom. The monoisotopic (exact) mass is 321 g/mol. The van der Waals surface area contributed by atoms with E-state index in [0.717, 1.165) is 31.9 Å². The lowest BCUT2D eigenvalue weighted by atomic mass is 9.87. The number of amides is 1. The first-order valence-corrected chi connectivity index (χ1v) is 8.31. The molecular formula is C17H24ClN3O. The third-order valence-electron chi connectivity index (χ3n) is 4.65. The summed E-state index contributed by atoms with van der Waals surface area (Å²) in [5.41, 5.74) is 2.16. The second-order valence-electron chi connectivity index (χ2n) is 7.12. The van der Waals surface area contributed by atoms with E-state index in [9.17, 15) is 4.79 Å². The van der Waals surface area contributed by atoms with Gasteiger partial charge < -0.3 is 10.2 Å². The first kappa shape index (κ1) is 15.8.